The average Bonchev–Trinajstić information content (AvgIpc) is 3.00. The number of benzene rings is 1. The van der Waals surface area contributed by atoms with Gasteiger partial charge in [0.2, 0.25) is 10.0 Å². The van der Waals surface area contributed by atoms with Gasteiger partial charge in [-0.1, -0.05) is 6.92 Å². The summed E-state index contributed by atoms with van der Waals surface area (Å²) in [5, 5.41) is 2.78. The standard InChI is InChI=1S/C17H16F3N3O3S/c1-2-5-27(25,26)23-13-4-3-12(19)14(15(13)20)16(24)11-8-22-17-10(11)6-9(18)7-21-17/h3-4,6-7,11,23H,2,5,8H2,1H3,(H,21,22). The van der Waals surface area contributed by atoms with Crippen molar-refractivity contribution in [1.29, 1.82) is 0 Å². The number of pyridine rings is 1. The van der Waals surface area contributed by atoms with Crippen LogP contribution in [0.3, 0.4) is 0 Å². The number of fused-ring (bicyclic) bond motifs is 1. The van der Waals surface area contributed by atoms with Crippen LogP contribution in [0.4, 0.5) is 24.7 Å². The smallest absolute Gasteiger partial charge is 0.232 e. The Bertz CT molecular complexity index is 1010. The minimum absolute atomic E-state index is 0.00467. The lowest BCUT2D eigenvalue weighted by molar-refractivity contribution is 0.0958. The number of Topliss-reactive ketones (excluding diaryl/α,β-unsaturated/α-hetero) is 1. The number of hydrogen-bond acceptors (Lipinski definition) is 5. The highest BCUT2D eigenvalue weighted by molar-refractivity contribution is 7.92. The SMILES string of the molecule is CCCS(=O)(=O)Nc1ccc(F)c(C(=O)C2CNc3ncc(F)cc32)c1F. The Morgan fingerprint density at radius 3 is 2.78 bits per heavy atom. The predicted octanol–water partition coefficient (Wildman–Crippen LogP) is 3.04. The van der Waals surface area contributed by atoms with Gasteiger partial charge in [0.05, 0.1) is 29.1 Å². The van der Waals surface area contributed by atoms with Gasteiger partial charge in [0.15, 0.2) is 11.6 Å². The normalized spacial score (nSPS) is 15.9. The van der Waals surface area contributed by atoms with Crippen LogP contribution in [0, 0.1) is 17.5 Å². The summed E-state index contributed by atoms with van der Waals surface area (Å²) in [4.78, 5) is 16.6. The molecule has 0 saturated carbocycles. The highest BCUT2D eigenvalue weighted by atomic mass is 32.2. The Kier molecular flexibility index (Phi) is 5.09. The van der Waals surface area contributed by atoms with Crippen molar-refractivity contribution in [3.8, 4) is 0 Å². The molecular formula is C17H16F3N3O3S. The van der Waals surface area contributed by atoms with Crippen LogP contribution in [0.5, 0.6) is 0 Å². The molecule has 27 heavy (non-hydrogen) atoms. The van der Waals surface area contributed by atoms with Crippen LogP contribution in [-0.2, 0) is 10.0 Å². The number of rotatable bonds is 6. The number of nitrogens with one attached hydrogen (secondary N) is 2. The highest BCUT2D eigenvalue weighted by Gasteiger charge is 2.34. The van der Waals surface area contributed by atoms with E-state index in [1.807, 2.05) is 4.72 Å². The number of hydrogen-bond donors (Lipinski definition) is 2. The van der Waals surface area contributed by atoms with E-state index in [4.69, 9.17) is 0 Å². The minimum atomic E-state index is -3.83. The monoisotopic (exact) mass is 399 g/mol. The second-order valence-corrected chi connectivity index (χ2v) is 7.94. The van der Waals surface area contributed by atoms with Gasteiger partial charge in [-0.15, -0.1) is 0 Å². The van der Waals surface area contributed by atoms with Crippen LogP contribution < -0.4 is 10.0 Å². The Hall–Kier alpha value is -2.62. The Morgan fingerprint density at radius 2 is 2.07 bits per heavy atom. The van der Waals surface area contributed by atoms with Crippen molar-refractivity contribution in [2.24, 2.45) is 0 Å². The molecule has 2 heterocycles. The second-order valence-electron chi connectivity index (χ2n) is 6.09. The Labute approximate surface area is 153 Å². The molecule has 2 aromatic rings. The third-order valence-corrected chi connectivity index (χ3v) is 5.60. The zero-order valence-electron chi connectivity index (χ0n) is 14.2. The minimum Gasteiger partial charge on any atom is -0.369 e. The molecule has 1 atom stereocenters. The van der Waals surface area contributed by atoms with Crippen molar-refractivity contribution in [2.45, 2.75) is 19.3 Å². The summed E-state index contributed by atoms with van der Waals surface area (Å²) in [6.45, 7) is 1.63. The maximum Gasteiger partial charge on any atom is 0.232 e. The fourth-order valence-corrected chi connectivity index (χ4v) is 4.06. The van der Waals surface area contributed by atoms with Crippen molar-refractivity contribution in [1.82, 2.24) is 4.98 Å². The fraction of sp³-hybridized carbons (Fsp3) is 0.294. The van der Waals surface area contributed by atoms with Gasteiger partial charge in [-0.3, -0.25) is 9.52 Å². The van der Waals surface area contributed by atoms with Gasteiger partial charge < -0.3 is 5.32 Å². The zero-order chi connectivity index (χ0) is 19.8. The molecule has 0 bridgehead atoms. The lowest BCUT2D eigenvalue weighted by Crippen LogP contribution is -2.21. The van der Waals surface area contributed by atoms with E-state index in [-0.39, 0.29) is 23.7 Å². The molecule has 1 unspecified atom stereocenters. The number of halogens is 3. The topological polar surface area (TPSA) is 88.2 Å². The molecule has 2 N–H and O–H groups in total. The van der Waals surface area contributed by atoms with Gasteiger partial charge >= 0.3 is 0 Å². The number of nitrogens with zero attached hydrogens (tertiary/aromatic N) is 1. The maximum atomic E-state index is 14.8. The summed E-state index contributed by atoms with van der Waals surface area (Å²) in [5.41, 5.74) is -1.21. The van der Waals surface area contributed by atoms with Crippen LogP contribution >= 0.6 is 0 Å². The molecule has 3 rings (SSSR count). The van der Waals surface area contributed by atoms with E-state index in [1.54, 1.807) is 6.92 Å². The number of carbonyl (C=O) groups excluding carboxylic acids is 1. The van der Waals surface area contributed by atoms with Crippen molar-refractivity contribution >= 4 is 27.3 Å². The first kappa shape index (κ1) is 19.2. The number of sulfonamides is 1. The molecule has 0 saturated heterocycles. The van der Waals surface area contributed by atoms with E-state index >= 15 is 0 Å². The van der Waals surface area contributed by atoms with E-state index in [0.717, 1.165) is 24.4 Å². The summed E-state index contributed by atoms with van der Waals surface area (Å²) in [5.74, 6) is -5.09. The average molecular weight is 399 g/mol. The summed E-state index contributed by atoms with van der Waals surface area (Å²) in [6.07, 6.45) is 1.26. The largest absolute Gasteiger partial charge is 0.369 e. The van der Waals surface area contributed by atoms with Gasteiger partial charge in [0.1, 0.15) is 17.5 Å². The molecule has 144 valence electrons. The summed E-state index contributed by atoms with van der Waals surface area (Å²) in [6, 6.07) is 2.80. The molecular weight excluding hydrogens is 383 g/mol. The second kappa shape index (κ2) is 7.18. The van der Waals surface area contributed by atoms with E-state index in [1.165, 1.54) is 0 Å². The maximum absolute atomic E-state index is 14.8. The van der Waals surface area contributed by atoms with E-state index in [9.17, 15) is 26.4 Å². The highest BCUT2D eigenvalue weighted by Crippen LogP contribution is 2.35. The van der Waals surface area contributed by atoms with E-state index < -0.39 is 50.4 Å². The molecule has 0 aliphatic carbocycles. The molecule has 1 aromatic carbocycles. The van der Waals surface area contributed by atoms with Crippen molar-refractivity contribution in [3.05, 3.63) is 53.0 Å². The molecule has 1 aromatic heterocycles. The first-order chi connectivity index (χ1) is 12.7. The molecule has 0 fully saturated rings. The molecule has 1 aliphatic heterocycles. The number of ketones is 1. The number of carbonyl (C=O) groups is 1. The van der Waals surface area contributed by atoms with Gasteiger partial charge in [-0.25, -0.2) is 26.6 Å². The van der Waals surface area contributed by atoms with Crippen LogP contribution in [0.25, 0.3) is 0 Å². The van der Waals surface area contributed by atoms with Crippen LogP contribution in [0.15, 0.2) is 24.4 Å². The van der Waals surface area contributed by atoms with Crippen LogP contribution in [0.1, 0.15) is 35.2 Å². The molecule has 0 radical (unpaired) electrons. The lowest BCUT2D eigenvalue weighted by Gasteiger charge is -2.14. The van der Waals surface area contributed by atoms with Crippen LogP contribution in [0.2, 0.25) is 0 Å². The summed E-state index contributed by atoms with van der Waals surface area (Å²) in [7, 11) is -3.83. The van der Waals surface area contributed by atoms with Crippen molar-refractivity contribution < 1.29 is 26.4 Å². The third kappa shape index (κ3) is 3.75. The molecule has 0 amide bonds. The lowest BCUT2D eigenvalue weighted by atomic mass is 9.92. The summed E-state index contributed by atoms with van der Waals surface area (Å²) < 4.78 is 68.2. The van der Waals surface area contributed by atoms with Gasteiger partial charge in [-0.2, -0.15) is 0 Å². The first-order valence-corrected chi connectivity index (χ1v) is 9.80. The first-order valence-electron chi connectivity index (χ1n) is 8.15. The quantitative estimate of drug-likeness (QED) is 0.729. The Balaban J connectivity index is 1.99. The molecule has 0 spiro atoms. The molecule has 1 aliphatic rings. The number of aromatic nitrogens is 1. The van der Waals surface area contributed by atoms with Gasteiger partial charge in [-0.05, 0) is 24.6 Å². The Morgan fingerprint density at radius 1 is 1.33 bits per heavy atom. The van der Waals surface area contributed by atoms with Gasteiger partial charge in [0, 0.05) is 12.1 Å². The number of anilines is 2. The van der Waals surface area contributed by atoms with Crippen molar-refractivity contribution in [3.63, 3.8) is 0 Å². The third-order valence-electron chi connectivity index (χ3n) is 4.13. The molecule has 10 heteroatoms. The fourth-order valence-electron chi connectivity index (χ4n) is 2.93. The van der Waals surface area contributed by atoms with Crippen LogP contribution in [-0.4, -0.2) is 31.5 Å². The van der Waals surface area contributed by atoms with Gasteiger partial charge in [0.25, 0.3) is 0 Å². The van der Waals surface area contributed by atoms with E-state index in [0.29, 0.717) is 6.42 Å². The molecule has 6 nitrogen and oxygen atoms in total. The summed E-state index contributed by atoms with van der Waals surface area (Å²) >= 11 is 0. The van der Waals surface area contributed by atoms with E-state index in [2.05, 4.69) is 10.3 Å². The zero-order valence-corrected chi connectivity index (χ0v) is 15.0. The van der Waals surface area contributed by atoms with Crippen molar-refractivity contribution in [2.75, 3.05) is 22.3 Å². The predicted molar refractivity (Wildman–Crippen MR) is 93.8 cm³/mol.